The van der Waals surface area contributed by atoms with Crippen molar-refractivity contribution in [3.63, 3.8) is 0 Å². The Morgan fingerprint density at radius 3 is 2.67 bits per heavy atom. The summed E-state index contributed by atoms with van der Waals surface area (Å²) in [6.45, 7) is 4.12. The molecule has 9 heteroatoms. The zero-order valence-electron chi connectivity index (χ0n) is 15.0. The molecule has 0 bridgehead atoms. The zero-order valence-corrected chi connectivity index (χ0v) is 17.4. The van der Waals surface area contributed by atoms with Gasteiger partial charge in [-0.3, -0.25) is 4.98 Å². The van der Waals surface area contributed by atoms with Crippen molar-refractivity contribution < 1.29 is 8.78 Å². The van der Waals surface area contributed by atoms with Gasteiger partial charge in [-0.1, -0.05) is 0 Å². The Labute approximate surface area is 174 Å². The lowest BCUT2D eigenvalue weighted by Gasteiger charge is -2.19. The average molecular weight is 488 g/mol. The van der Waals surface area contributed by atoms with E-state index in [1.807, 2.05) is 11.8 Å². The Hall–Kier alpha value is -2.04. The van der Waals surface area contributed by atoms with Crippen molar-refractivity contribution in [2.45, 2.75) is 25.9 Å². The number of aliphatic imine (C=N–C) groups is 1. The predicted octanol–water partition coefficient (Wildman–Crippen LogP) is 2.71. The zero-order chi connectivity index (χ0) is 18.4. The number of anilines is 1. The third kappa shape index (κ3) is 5.72. The Morgan fingerprint density at radius 1 is 1.22 bits per heavy atom. The second-order valence-electron chi connectivity index (χ2n) is 6.01. The van der Waals surface area contributed by atoms with Gasteiger partial charge in [-0.2, -0.15) is 0 Å². The first-order valence-corrected chi connectivity index (χ1v) is 8.67. The first-order valence-electron chi connectivity index (χ1n) is 8.67. The van der Waals surface area contributed by atoms with Gasteiger partial charge in [0.2, 0.25) is 0 Å². The third-order valence-electron chi connectivity index (χ3n) is 4.13. The van der Waals surface area contributed by atoms with Crippen LogP contribution in [0, 0.1) is 11.6 Å². The van der Waals surface area contributed by atoms with Gasteiger partial charge in [0.1, 0.15) is 5.82 Å². The van der Waals surface area contributed by atoms with E-state index < -0.39 is 0 Å². The van der Waals surface area contributed by atoms with Crippen LogP contribution in [-0.4, -0.2) is 41.6 Å². The Bertz CT molecular complexity index is 773. The maximum Gasteiger partial charge on any atom is 0.191 e. The van der Waals surface area contributed by atoms with Crippen LogP contribution in [0.3, 0.4) is 0 Å². The molecule has 1 saturated heterocycles. The van der Waals surface area contributed by atoms with E-state index in [0.717, 1.165) is 6.42 Å². The number of pyridine rings is 2. The molecule has 2 aromatic heterocycles. The van der Waals surface area contributed by atoms with Crippen LogP contribution in [0.5, 0.6) is 0 Å². The molecule has 3 heterocycles. The number of guanidine groups is 1. The molecule has 2 aromatic rings. The van der Waals surface area contributed by atoms with Crippen LogP contribution < -0.4 is 15.5 Å². The molecular weight excluding hydrogens is 465 g/mol. The molecule has 1 aliphatic rings. The molecule has 0 saturated carbocycles. The fourth-order valence-electron chi connectivity index (χ4n) is 2.88. The molecule has 2 N–H and O–H groups in total. The number of nitrogens with zero attached hydrogens (tertiary/aromatic N) is 4. The van der Waals surface area contributed by atoms with Crippen LogP contribution in [0.4, 0.5) is 14.6 Å². The van der Waals surface area contributed by atoms with E-state index in [1.54, 1.807) is 24.5 Å². The molecule has 1 unspecified atom stereocenters. The van der Waals surface area contributed by atoms with Crippen LogP contribution in [-0.2, 0) is 6.54 Å². The van der Waals surface area contributed by atoms with Crippen LogP contribution >= 0.6 is 24.0 Å². The van der Waals surface area contributed by atoms with Crippen molar-refractivity contribution in [2.24, 2.45) is 4.99 Å². The molecule has 0 spiro atoms. The lowest BCUT2D eigenvalue weighted by molar-refractivity contribution is 0.597. The van der Waals surface area contributed by atoms with Crippen molar-refractivity contribution in [3.05, 3.63) is 54.0 Å². The summed E-state index contributed by atoms with van der Waals surface area (Å²) in [6, 6.07) is 6.01. The minimum absolute atomic E-state index is 0. The second kappa shape index (κ2) is 10.3. The number of aromatic nitrogens is 2. The molecule has 0 aromatic carbocycles. The van der Waals surface area contributed by atoms with Crippen LogP contribution in [0.15, 0.2) is 41.7 Å². The molecule has 1 fully saturated rings. The molecular formula is C18H23F2IN6. The summed E-state index contributed by atoms with van der Waals surface area (Å²) in [4.78, 5) is 14.4. The second-order valence-corrected chi connectivity index (χ2v) is 6.01. The summed E-state index contributed by atoms with van der Waals surface area (Å²) in [7, 11) is 0. The van der Waals surface area contributed by atoms with Gasteiger partial charge < -0.3 is 15.5 Å². The molecule has 1 aliphatic heterocycles. The van der Waals surface area contributed by atoms with E-state index in [-0.39, 0.29) is 48.2 Å². The van der Waals surface area contributed by atoms with E-state index in [2.05, 4.69) is 25.6 Å². The number of rotatable bonds is 5. The number of nitrogens with one attached hydrogen (secondary N) is 2. The summed E-state index contributed by atoms with van der Waals surface area (Å²) in [6.07, 6.45) is 3.97. The van der Waals surface area contributed by atoms with Gasteiger partial charge in [-0.25, -0.2) is 18.8 Å². The van der Waals surface area contributed by atoms with Gasteiger partial charge in [0.15, 0.2) is 17.6 Å². The first kappa shape index (κ1) is 21.3. The minimum Gasteiger partial charge on any atom is -0.357 e. The Morgan fingerprint density at radius 2 is 1.96 bits per heavy atom. The molecule has 1 atom stereocenters. The quantitative estimate of drug-likeness (QED) is 0.385. The summed E-state index contributed by atoms with van der Waals surface area (Å²) in [5.41, 5.74) is 0.299. The smallest absolute Gasteiger partial charge is 0.191 e. The number of hydrogen-bond donors (Lipinski definition) is 2. The van der Waals surface area contributed by atoms with Crippen molar-refractivity contribution >= 4 is 35.8 Å². The molecule has 3 rings (SSSR count). The van der Waals surface area contributed by atoms with Crippen molar-refractivity contribution in [2.75, 3.05) is 24.5 Å². The van der Waals surface area contributed by atoms with Gasteiger partial charge in [-0.05, 0) is 37.6 Å². The van der Waals surface area contributed by atoms with Gasteiger partial charge in [0.05, 0.1) is 12.2 Å². The average Bonchev–Trinajstić information content (AvgIpc) is 3.10. The SMILES string of the molecule is CCNC(=NCc1ncccc1F)NC1CCN(c2ncccc2F)C1.I. The summed E-state index contributed by atoms with van der Waals surface area (Å²) in [5.74, 6) is 0.268. The van der Waals surface area contributed by atoms with Gasteiger partial charge in [0.25, 0.3) is 0 Å². The van der Waals surface area contributed by atoms with Gasteiger partial charge >= 0.3 is 0 Å². The first-order chi connectivity index (χ1) is 12.7. The fourth-order valence-corrected chi connectivity index (χ4v) is 2.88. The number of halogens is 3. The Kier molecular flexibility index (Phi) is 8.14. The molecule has 0 radical (unpaired) electrons. The van der Waals surface area contributed by atoms with Gasteiger partial charge in [-0.15, -0.1) is 24.0 Å². The van der Waals surface area contributed by atoms with E-state index in [4.69, 9.17) is 0 Å². The molecule has 6 nitrogen and oxygen atoms in total. The topological polar surface area (TPSA) is 65.4 Å². The molecule has 146 valence electrons. The highest BCUT2D eigenvalue weighted by molar-refractivity contribution is 14.0. The summed E-state index contributed by atoms with van der Waals surface area (Å²) in [5, 5.41) is 6.47. The van der Waals surface area contributed by atoms with Crippen LogP contribution in [0.25, 0.3) is 0 Å². The lowest BCUT2D eigenvalue weighted by atomic mass is 10.3. The van der Waals surface area contributed by atoms with Crippen molar-refractivity contribution in [3.8, 4) is 0 Å². The standard InChI is InChI=1S/C18H22F2N6.HI/c1-2-21-18(24-11-16-14(19)5-3-8-22-16)25-13-7-10-26(12-13)17-15(20)6-4-9-23-17;/h3-6,8-9,13H,2,7,10-12H2,1H3,(H2,21,24,25);1H. The molecule has 27 heavy (non-hydrogen) atoms. The molecule has 0 amide bonds. The predicted molar refractivity (Wildman–Crippen MR) is 112 cm³/mol. The van der Waals surface area contributed by atoms with E-state index in [1.165, 1.54) is 12.1 Å². The fraction of sp³-hybridized carbons (Fsp3) is 0.389. The maximum atomic E-state index is 13.9. The normalized spacial score (nSPS) is 16.8. The maximum absolute atomic E-state index is 13.9. The van der Waals surface area contributed by atoms with E-state index in [9.17, 15) is 8.78 Å². The lowest BCUT2D eigenvalue weighted by Crippen LogP contribution is -2.44. The minimum atomic E-state index is -0.371. The summed E-state index contributed by atoms with van der Waals surface area (Å²) >= 11 is 0. The van der Waals surface area contributed by atoms with Crippen LogP contribution in [0.1, 0.15) is 19.0 Å². The Balaban J connectivity index is 0.00000261. The highest BCUT2D eigenvalue weighted by Crippen LogP contribution is 2.20. The monoisotopic (exact) mass is 488 g/mol. The van der Waals surface area contributed by atoms with Crippen molar-refractivity contribution in [1.29, 1.82) is 0 Å². The van der Waals surface area contributed by atoms with Crippen LogP contribution in [0.2, 0.25) is 0 Å². The number of hydrogen-bond acceptors (Lipinski definition) is 4. The van der Waals surface area contributed by atoms with E-state index >= 15 is 0 Å². The highest BCUT2D eigenvalue weighted by atomic mass is 127. The third-order valence-corrected chi connectivity index (χ3v) is 4.13. The summed E-state index contributed by atoms with van der Waals surface area (Å²) < 4.78 is 27.6. The highest BCUT2D eigenvalue weighted by Gasteiger charge is 2.25. The largest absolute Gasteiger partial charge is 0.357 e. The van der Waals surface area contributed by atoms with Gasteiger partial charge in [0, 0.05) is 38.1 Å². The molecule has 0 aliphatic carbocycles. The van der Waals surface area contributed by atoms with E-state index in [0.29, 0.717) is 37.1 Å². The van der Waals surface area contributed by atoms with Crippen molar-refractivity contribution in [1.82, 2.24) is 20.6 Å².